The summed E-state index contributed by atoms with van der Waals surface area (Å²) in [6.45, 7) is 1.66. The van der Waals surface area contributed by atoms with E-state index in [-0.39, 0.29) is 22.5 Å². The fourth-order valence-corrected chi connectivity index (χ4v) is 4.92. The summed E-state index contributed by atoms with van der Waals surface area (Å²) in [7, 11) is 1.55. The summed E-state index contributed by atoms with van der Waals surface area (Å²) in [4.78, 5) is 24.2. The molecule has 1 aliphatic rings. The van der Waals surface area contributed by atoms with E-state index < -0.39 is 35.2 Å². The van der Waals surface area contributed by atoms with E-state index in [9.17, 15) is 14.7 Å². The predicted octanol–water partition coefficient (Wildman–Crippen LogP) is 7.11. The molecule has 39 heavy (non-hydrogen) atoms. The summed E-state index contributed by atoms with van der Waals surface area (Å²) in [5.41, 5.74) is 0.861. The third-order valence-electron chi connectivity index (χ3n) is 7.04. The molecule has 7 nitrogen and oxygen atoms in total. The van der Waals surface area contributed by atoms with Crippen LogP contribution in [-0.2, 0) is 22.0 Å². The van der Waals surface area contributed by atoms with Crippen LogP contribution >= 0.6 is 11.6 Å². The molecule has 1 unspecified atom stereocenters. The minimum absolute atomic E-state index is 0.0225. The van der Waals surface area contributed by atoms with E-state index >= 15 is 8.78 Å². The lowest BCUT2D eigenvalue weighted by Gasteiger charge is -2.16. The Kier molecular flexibility index (Phi) is 6.86. The van der Waals surface area contributed by atoms with Gasteiger partial charge in [-0.3, -0.25) is 14.8 Å². The second kappa shape index (κ2) is 10.1. The molecule has 0 spiro atoms. The molecule has 3 aromatic carbocycles. The van der Waals surface area contributed by atoms with E-state index in [4.69, 9.17) is 16.3 Å². The Morgan fingerprint density at radius 1 is 1.05 bits per heavy atom. The van der Waals surface area contributed by atoms with Crippen LogP contribution in [0.15, 0.2) is 66.9 Å². The van der Waals surface area contributed by atoms with E-state index in [1.165, 1.54) is 10.9 Å². The highest BCUT2D eigenvalue weighted by Gasteiger charge is 2.51. The molecule has 0 bridgehead atoms. The van der Waals surface area contributed by atoms with E-state index in [0.29, 0.717) is 34.6 Å². The van der Waals surface area contributed by atoms with Crippen LogP contribution in [0, 0.1) is 11.6 Å². The fourth-order valence-electron chi connectivity index (χ4n) is 4.63. The molecule has 0 radical (unpaired) electrons. The number of hydrogen-bond donors (Lipinski definition) is 2. The summed E-state index contributed by atoms with van der Waals surface area (Å²) < 4.78 is 37.4. The zero-order chi connectivity index (χ0) is 27.9. The Morgan fingerprint density at radius 2 is 1.69 bits per heavy atom. The van der Waals surface area contributed by atoms with Gasteiger partial charge in [0, 0.05) is 34.3 Å². The zero-order valence-corrected chi connectivity index (χ0v) is 21.8. The van der Waals surface area contributed by atoms with Gasteiger partial charge in [0.15, 0.2) is 0 Å². The van der Waals surface area contributed by atoms with Crippen LogP contribution in [-0.4, -0.2) is 26.9 Å². The second-order valence-electron chi connectivity index (χ2n) is 9.50. The highest BCUT2D eigenvalue weighted by molar-refractivity contribution is 6.31. The van der Waals surface area contributed by atoms with Crippen molar-refractivity contribution in [1.82, 2.24) is 9.78 Å². The van der Waals surface area contributed by atoms with Crippen molar-refractivity contribution in [3.05, 3.63) is 94.6 Å². The van der Waals surface area contributed by atoms with Gasteiger partial charge < -0.3 is 9.84 Å². The largest absolute Gasteiger partial charge is 0.481 e. The number of carboxylic acids is 1. The molecule has 5 rings (SSSR count). The van der Waals surface area contributed by atoms with E-state index in [1.807, 2.05) is 0 Å². The molecular weight excluding hydrogens is 528 g/mol. The SMILES string of the molecule is CC(OC(=O)Nc1c(-c2cc(F)c(-c3ccc(C4(C(=O)O)CC4)cc3)cc2F)cnn1C)c1ccccc1Cl. The molecule has 10 heteroatoms. The van der Waals surface area contributed by atoms with Gasteiger partial charge in [-0.2, -0.15) is 5.10 Å². The predicted molar refractivity (Wildman–Crippen MR) is 143 cm³/mol. The number of anilines is 1. The lowest BCUT2D eigenvalue weighted by atomic mass is 9.93. The molecule has 0 saturated heterocycles. The maximum absolute atomic E-state index is 15.3. The first-order chi connectivity index (χ1) is 18.6. The number of aliphatic carboxylic acids is 1. The minimum atomic E-state index is -0.889. The average Bonchev–Trinajstić information content (AvgIpc) is 3.65. The number of ether oxygens (including phenoxy) is 1. The van der Waals surface area contributed by atoms with E-state index in [1.54, 1.807) is 62.5 Å². The van der Waals surface area contributed by atoms with Gasteiger partial charge in [0.05, 0.1) is 11.6 Å². The van der Waals surface area contributed by atoms with Crippen LogP contribution in [0.1, 0.15) is 37.0 Å². The molecule has 1 saturated carbocycles. The van der Waals surface area contributed by atoms with Gasteiger partial charge in [-0.25, -0.2) is 13.6 Å². The minimum Gasteiger partial charge on any atom is -0.481 e. The van der Waals surface area contributed by atoms with E-state index in [0.717, 1.165) is 12.1 Å². The third kappa shape index (κ3) is 4.97. The first kappa shape index (κ1) is 26.4. The standard InChI is InChI=1S/C29H24ClF2N3O4/c1-16(19-5-3-4-6-23(19)30)39-28(38)34-26-22(15-33-35(26)2)21-14-24(31)20(13-25(21)32)17-7-9-18(10-8-17)29(11-12-29)27(36)37/h3-10,13-16H,11-12H2,1-2H3,(H,34,38)(H,36,37). The van der Waals surface area contributed by atoms with Crippen LogP contribution in [0.25, 0.3) is 22.3 Å². The summed E-state index contributed by atoms with van der Waals surface area (Å²) >= 11 is 6.18. The number of hydrogen-bond acceptors (Lipinski definition) is 4. The molecule has 2 N–H and O–H groups in total. The molecule has 1 atom stereocenters. The van der Waals surface area contributed by atoms with Crippen molar-refractivity contribution >= 4 is 29.5 Å². The Balaban J connectivity index is 1.38. The highest BCUT2D eigenvalue weighted by Crippen LogP contribution is 2.48. The van der Waals surface area contributed by atoms with Crippen LogP contribution in [0.5, 0.6) is 0 Å². The first-order valence-corrected chi connectivity index (χ1v) is 12.6. The third-order valence-corrected chi connectivity index (χ3v) is 7.39. The number of carboxylic acid groups (broad SMARTS) is 1. The number of aromatic nitrogens is 2. The monoisotopic (exact) mass is 551 g/mol. The average molecular weight is 552 g/mol. The van der Waals surface area contributed by atoms with Crippen molar-refractivity contribution in [3.63, 3.8) is 0 Å². The van der Waals surface area contributed by atoms with Crippen LogP contribution in [0.4, 0.5) is 19.4 Å². The van der Waals surface area contributed by atoms with Crippen LogP contribution in [0.3, 0.4) is 0 Å². The summed E-state index contributed by atoms with van der Waals surface area (Å²) in [5, 5.41) is 16.6. The number of carbonyl (C=O) groups is 2. The number of aryl methyl sites for hydroxylation is 1. The Bertz CT molecular complexity index is 1580. The number of nitrogens with zero attached hydrogens (tertiary/aromatic N) is 2. The Morgan fingerprint density at radius 3 is 2.33 bits per heavy atom. The smallest absolute Gasteiger partial charge is 0.413 e. The maximum atomic E-state index is 15.3. The number of benzene rings is 3. The van der Waals surface area contributed by atoms with Gasteiger partial charge in [-0.1, -0.05) is 54.1 Å². The second-order valence-corrected chi connectivity index (χ2v) is 9.91. The molecule has 4 aromatic rings. The van der Waals surface area contributed by atoms with E-state index in [2.05, 4.69) is 10.4 Å². The van der Waals surface area contributed by atoms with Crippen molar-refractivity contribution in [2.45, 2.75) is 31.3 Å². The van der Waals surface area contributed by atoms with Gasteiger partial charge in [-0.15, -0.1) is 0 Å². The van der Waals surface area contributed by atoms with Gasteiger partial charge >= 0.3 is 12.1 Å². The molecule has 1 fully saturated rings. The Hall–Kier alpha value is -4.24. The van der Waals surface area contributed by atoms with Crippen molar-refractivity contribution in [2.75, 3.05) is 5.32 Å². The van der Waals surface area contributed by atoms with Gasteiger partial charge in [-0.05, 0) is 49.1 Å². The first-order valence-electron chi connectivity index (χ1n) is 12.2. The van der Waals surface area contributed by atoms with Crippen molar-refractivity contribution in [3.8, 4) is 22.3 Å². The number of amides is 1. The lowest BCUT2D eigenvalue weighted by molar-refractivity contribution is -0.140. The fraction of sp³-hybridized carbons (Fsp3) is 0.207. The number of halogens is 3. The topological polar surface area (TPSA) is 93.4 Å². The van der Waals surface area contributed by atoms with Crippen molar-refractivity contribution < 1.29 is 28.2 Å². The Labute approximate surface area is 228 Å². The normalized spacial score (nSPS) is 14.5. The van der Waals surface area contributed by atoms with Crippen molar-refractivity contribution in [2.24, 2.45) is 7.05 Å². The molecule has 200 valence electrons. The molecule has 1 heterocycles. The molecule has 0 aliphatic heterocycles. The van der Waals surface area contributed by atoms with Crippen LogP contribution < -0.4 is 5.32 Å². The maximum Gasteiger partial charge on any atom is 0.413 e. The van der Waals surface area contributed by atoms with Crippen LogP contribution in [0.2, 0.25) is 5.02 Å². The quantitative estimate of drug-likeness (QED) is 0.255. The number of rotatable bonds is 7. The van der Waals surface area contributed by atoms with Crippen molar-refractivity contribution in [1.29, 1.82) is 0 Å². The molecular formula is C29H24ClF2N3O4. The number of carbonyl (C=O) groups excluding carboxylic acids is 1. The summed E-state index contributed by atoms with van der Waals surface area (Å²) in [5.74, 6) is -2.19. The van der Waals surface area contributed by atoms with Gasteiger partial charge in [0.2, 0.25) is 0 Å². The van der Waals surface area contributed by atoms with Gasteiger partial charge in [0.25, 0.3) is 0 Å². The summed E-state index contributed by atoms with van der Waals surface area (Å²) in [6.07, 6.45) is 0.932. The summed E-state index contributed by atoms with van der Waals surface area (Å²) in [6, 6.07) is 15.5. The molecule has 1 aromatic heterocycles. The van der Waals surface area contributed by atoms with Gasteiger partial charge in [0.1, 0.15) is 23.6 Å². The number of nitrogens with one attached hydrogen (secondary N) is 1. The lowest BCUT2D eigenvalue weighted by Crippen LogP contribution is -2.19. The zero-order valence-electron chi connectivity index (χ0n) is 21.0. The highest BCUT2D eigenvalue weighted by atomic mass is 35.5. The molecule has 1 aliphatic carbocycles. The molecule has 1 amide bonds.